The fraction of sp³-hybridized carbons (Fsp3) is 0.353. The van der Waals surface area contributed by atoms with Gasteiger partial charge in [0.15, 0.2) is 17.1 Å². The van der Waals surface area contributed by atoms with Crippen LogP contribution in [-0.2, 0) is 0 Å². The van der Waals surface area contributed by atoms with Crippen molar-refractivity contribution < 1.29 is 18.4 Å². The molecule has 0 bridgehead atoms. The summed E-state index contributed by atoms with van der Waals surface area (Å²) in [6.45, 7) is 0. The Bertz CT molecular complexity index is 895. The second kappa shape index (κ2) is 6.46. The molecule has 0 aliphatic heterocycles. The van der Waals surface area contributed by atoms with Gasteiger partial charge in [0.2, 0.25) is 0 Å². The molecule has 130 valence electrons. The summed E-state index contributed by atoms with van der Waals surface area (Å²) in [4.78, 5) is 11.9. The summed E-state index contributed by atoms with van der Waals surface area (Å²) in [6.07, 6.45) is 4.29. The van der Waals surface area contributed by atoms with Gasteiger partial charge in [-0.3, -0.25) is 5.32 Å². The van der Waals surface area contributed by atoms with Gasteiger partial charge in [0.05, 0.1) is 7.11 Å². The van der Waals surface area contributed by atoms with E-state index in [4.69, 9.17) is 13.6 Å². The topological polar surface area (TPSA) is 102 Å². The second-order valence-corrected chi connectivity index (χ2v) is 5.98. The summed E-state index contributed by atoms with van der Waals surface area (Å²) in [6, 6.07) is 7.26. The van der Waals surface area contributed by atoms with Gasteiger partial charge in [-0.15, -0.1) is 5.10 Å². The van der Waals surface area contributed by atoms with Crippen LogP contribution in [0.25, 0.3) is 22.6 Å². The van der Waals surface area contributed by atoms with E-state index in [1.165, 1.54) is 0 Å². The van der Waals surface area contributed by atoms with Crippen LogP contribution in [0, 0.1) is 0 Å². The number of ether oxygens (including phenoxy) is 1. The third-order valence-corrected chi connectivity index (χ3v) is 4.27. The second-order valence-electron chi connectivity index (χ2n) is 5.98. The highest BCUT2D eigenvalue weighted by Gasteiger charge is 2.20. The lowest BCUT2D eigenvalue weighted by molar-refractivity contribution is 0.248. The van der Waals surface area contributed by atoms with E-state index in [1.807, 2.05) is 18.2 Å². The summed E-state index contributed by atoms with van der Waals surface area (Å²) >= 11 is 0. The molecule has 1 aliphatic carbocycles. The van der Waals surface area contributed by atoms with E-state index in [9.17, 15) is 4.79 Å². The number of nitrogens with zero attached hydrogens (tertiary/aromatic N) is 2. The van der Waals surface area contributed by atoms with Crippen molar-refractivity contribution in [1.29, 1.82) is 0 Å². The maximum Gasteiger partial charge on any atom is 0.324 e. The first-order valence-corrected chi connectivity index (χ1v) is 8.21. The van der Waals surface area contributed by atoms with Crippen LogP contribution in [0.2, 0.25) is 0 Å². The minimum absolute atomic E-state index is 0.0259. The number of hydrogen-bond donors (Lipinski definition) is 2. The van der Waals surface area contributed by atoms with Crippen LogP contribution >= 0.6 is 0 Å². The molecular weight excluding hydrogens is 324 g/mol. The summed E-state index contributed by atoms with van der Waals surface area (Å²) in [5, 5.41) is 14.1. The number of nitrogens with one attached hydrogen (secondary N) is 2. The number of aromatic nitrogens is 2. The standard InChI is InChI=1S/C17H18N4O4/c1-23-12-8-4-5-10-9-13(24-14(10)12)15-20-21-17(25-15)19-16(22)18-11-6-2-3-7-11/h4-5,8-9,11H,2-3,6-7H2,1H3,(H2,18,19,21,22). The fourth-order valence-corrected chi connectivity index (χ4v) is 3.06. The molecule has 2 N–H and O–H groups in total. The summed E-state index contributed by atoms with van der Waals surface area (Å²) in [5.41, 5.74) is 0.603. The number of carbonyl (C=O) groups is 1. The quantitative estimate of drug-likeness (QED) is 0.751. The number of anilines is 1. The van der Waals surface area contributed by atoms with E-state index in [1.54, 1.807) is 13.2 Å². The molecule has 1 saturated carbocycles. The highest BCUT2D eigenvalue weighted by atomic mass is 16.5. The van der Waals surface area contributed by atoms with Crippen molar-refractivity contribution >= 4 is 23.0 Å². The molecule has 2 heterocycles. The summed E-state index contributed by atoms with van der Waals surface area (Å²) in [5.74, 6) is 1.23. The molecule has 2 amide bonds. The molecule has 1 aliphatic rings. The molecule has 0 atom stereocenters. The number of urea groups is 1. The van der Waals surface area contributed by atoms with Crippen molar-refractivity contribution in [3.8, 4) is 17.4 Å². The molecule has 25 heavy (non-hydrogen) atoms. The van der Waals surface area contributed by atoms with Crippen molar-refractivity contribution in [2.45, 2.75) is 31.7 Å². The number of methoxy groups -OCH3 is 1. The number of carbonyl (C=O) groups excluding carboxylic acids is 1. The van der Waals surface area contributed by atoms with Crippen molar-refractivity contribution in [1.82, 2.24) is 15.5 Å². The Morgan fingerprint density at radius 2 is 2.08 bits per heavy atom. The predicted octanol–water partition coefficient (Wildman–Crippen LogP) is 3.56. The first-order valence-electron chi connectivity index (χ1n) is 8.21. The van der Waals surface area contributed by atoms with Gasteiger partial charge < -0.3 is 18.9 Å². The molecule has 8 heteroatoms. The Balaban J connectivity index is 1.50. The van der Waals surface area contributed by atoms with Crippen LogP contribution < -0.4 is 15.4 Å². The highest BCUT2D eigenvalue weighted by Crippen LogP contribution is 2.33. The smallest absolute Gasteiger partial charge is 0.324 e. The largest absolute Gasteiger partial charge is 0.493 e. The minimum Gasteiger partial charge on any atom is -0.493 e. The van der Waals surface area contributed by atoms with Gasteiger partial charge in [-0.1, -0.05) is 30.1 Å². The third kappa shape index (κ3) is 3.15. The average Bonchev–Trinajstić information content (AvgIpc) is 3.33. The molecule has 3 aromatic rings. The lowest BCUT2D eigenvalue weighted by Gasteiger charge is -2.10. The highest BCUT2D eigenvalue weighted by molar-refractivity contribution is 5.88. The van der Waals surface area contributed by atoms with Gasteiger partial charge in [-0.2, -0.15) is 0 Å². The number of rotatable bonds is 4. The molecule has 2 aromatic heterocycles. The molecule has 0 saturated heterocycles. The number of fused-ring (bicyclic) bond motifs is 1. The molecule has 0 radical (unpaired) electrons. The van der Waals surface area contributed by atoms with Crippen LogP contribution in [0.4, 0.5) is 10.8 Å². The zero-order valence-electron chi connectivity index (χ0n) is 13.7. The van der Waals surface area contributed by atoms with Crippen LogP contribution in [0.5, 0.6) is 5.75 Å². The van der Waals surface area contributed by atoms with Gasteiger partial charge in [0.1, 0.15) is 0 Å². The molecule has 8 nitrogen and oxygen atoms in total. The van der Waals surface area contributed by atoms with Crippen molar-refractivity contribution in [2.24, 2.45) is 0 Å². The molecule has 0 unspecified atom stereocenters. The number of benzene rings is 1. The van der Waals surface area contributed by atoms with Gasteiger partial charge in [0, 0.05) is 11.4 Å². The normalized spacial score (nSPS) is 14.8. The minimum atomic E-state index is -0.339. The van der Waals surface area contributed by atoms with Crippen LogP contribution in [0.1, 0.15) is 25.7 Å². The van der Waals surface area contributed by atoms with E-state index in [2.05, 4.69) is 20.8 Å². The molecular formula is C17H18N4O4. The Kier molecular flexibility index (Phi) is 4.01. The monoisotopic (exact) mass is 342 g/mol. The first-order chi connectivity index (χ1) is 12.2. The zero-order valence-corrected chi connectivity index (χ0v) is 13.7. The van der Waals surface area contributed by atoms with E-state index >= 15 is 0 Å². The van der Waals surface area contributed by atoms with Gasteiger partial charge in [-0.05, 0) is 25.0 Å². The molecule has 0 spiro atoms. The number of hydrogen-bond acceptors (Lipinski definition) is 6. The number of amides is 2. The SMILES string of the molecule is COc1cccc2cc(-c3nnc(NC(=O)NC4CCCC4)o3)oc12. The van der Waals surface area contributed by atoms with Crippen molar-refractivity contribution in [3.05, 3.63) is 24.3 Å². The average molecular weight is 342 g/mol. The Hall–Kier alpha value is -3.03. The fourth-order valence-electron chi connectivity index (χ4n) is 3.06. The van der Waals surface area contributed by atoms with E-state index < -0.39 is 0 Å². The van der Waals surface area contributed by atoms with E-state index in [-0.39, 0.29) is 24.0 Å². The number of furan rings is 1. The zero-order chi connectivity index (χ0) is 17.2. The van der Waals surface area contributed by atoms with Crippen molar-refractivity contribution in [3.63, 3.8) is 0 Å². The van der Waals surface area contributed by atoms with E-state index in [0.29, 0.717) is 17.1 Å². The van der Waals surface area contributed by atoms with Gasteiger partial charge in [0.25, 0.3) is 5.89 Å². The summed E-state index contributed by atoms with van der Waals surface area (Å²) in [7, 11) is 1.58. The van der Waals surface area contributed by atoms with Crippen LogP contribution in [0.15, 0.2) is 33.1 Å². The Morgan fingerprint density at radius 1 is 1.24 bits per heavy atom. The maximum absolute atomic E-state index is 11.9. The van der Waals surface area contributed by atoms with Gasteiger partial charge >= 0.3 is 12.0 Å². The maximum atomic E-state index is 11.9. The third-order valence-electron chi connectivity index (χ3n) is 4.27. The lowest BCUT2D eigenvalue weighted by atomic mass is 10.2. The number of para-hydroxylation sites is 1. The van der Waals surface area contributed by atoms with Crippen LogP contribution in [-0.4, -0.2) is 29.4 Å². The van der Waals surface area contributed by atoms with Crippen LogP contribution in [0.3, 0.4) is 0 Å². The van der Waals surface area contributed by atoms with Gasteiger partial charge in [-0.25, -0.2) is 4.79 Å². The van der Waals surface area contributed by atoms with Crippen molar-refractivity contribution in [2.75, 3.05) is 12.4 Å². The first kappa shape index (κ1) is 15.5. The molecule has 4 rings (SSSR count). The Labute approximate surface area is 143 Å². The van der Waals surface area contributed by atoms with E-state index in [0.717, 1.165) is 31.1 Å². The Morgan fingerprint density at radius 3 is 2.88 bits per heavy atom. The molecule has 1 aromatic carbocycles. The molecule has 1 fully saturated rings. The summed E-state index contributed by atoms with van der Waals surface area (Å²) < 4.78 is 16.5. The lowest BCUT2D eigenvalue weighted by Crippen LogP contribution is -2.36. The predicted molar refractivity (Wildman–Crippen MR) is 90.5 cm³/mol.